The SMILES string of the molecule is CC/C=C\C/C=C\C/C=C\C/C=C\C/C=C\C/C=C\C/C=C\C/C=C\CCCCCCCCCCCCCCC(=O)NC(COC1OC(CO)C(O)C(O)C1O)C(O)/C=C/CC/C=C/CC/C=C/CCCCCCCCCCCCCCCCCCCCCCC. The number of carbonyl (C=O) groups is 1. The highest BCUT2D eigenvalue weighted by Gasteiger charge is 2.44. The standard InChI is InChI=1S/C82H141NO8/c1-3-5-7-9-11-13-15-17-19-21-23-25-27-29-31-33-35-36-37-38-39-40-42-44-46-48-50-52-54-56-58-60-62-64-66-68-70-72-78(86)83-75(74-90-82-81(89)80(88)79(87)77(73-84)91-82)76(85)71-69-67-65-63-61-59-57-55-53-51-49-47-45-43-41-34-32-30-28-26-24-22-20-18-16-14-12-10-8-6-4-2/h5,7,11,13,17,19,23,25,29,31,35-36,38-39,42,44,53,55,61,63,69,71,75-77,79-82,84-85,87-89H,3-4,6,8-10,12,14-16,18,20-22,24,26-28,30,32-34,37,40-41,43,45-52,54,56-60,62,64-68,70,72-74H2,1-2H3,(H,83,86)/b7-5-,13-11-,19-17-,25-23-,31-29-,36-35-,39-38-,44-42-,55-53+,63-61+,71-69+. The minimum Gasteiger partial charge on any atom is -0.394 e. The van der Waals surface area contributed by atoms with Crippen molar-refractivity contribution in [3.63, 3.8) is 0 Å². The van der Waals surface area contributed by atoms with Crippen molar-refractivity contribution >= 4 is 5.91 Å². The zero-order chi connectivity index (χ0) is 65.7. The highest BCUT2D eigenvalue weighted by Crippen LogP contribution is 2.23. The molecule has 1 aliphatic heterocycles. The molecule has 0 spiro atoms. The highest BCUT2D eigenvalue weighted by atomic mass is 16.7. The summed E-state index contributed by atoms with van der Waals surface area (Å²) in [5.41, 5.74) is 0. The molecule has 9 nitrogen and oxygen atoms in total. The Morgan fingerprint density at radius 1 is 0.385 bits per heavy atom. The van der Waals surface area contributed by atoms with E-state index in [2.05, 4.69) is 141 Å². The van der Waals surface area contributed by atoms with E-state index in [0.29, 0.717) is 6.42 Å². The van der Waals surface area contributed by atoms with Crippen LogP contribution in [-0.4, -0.2) is 87.5 Å². The molecular weight excluding hydrogens is 1130 g/mol. The third kappa shape index (κ3) is 57.5. The van der Waals surface area contributed by atoms with Crippen molar-refractivity contribution in [1.82, 2.24) is 5.32 Å². The van der Waals surface area contributed by atoms with Gasteiger partial charge in [-0.1, -0.05) is 340 Å². The molecule has 91 heavy (non-hydrogen) atoms. The van der Waals surface area contributed by atoms with Crippen molar-refractivity contribution in [2.45, 2.75) is 365 Å². The smallest absolute Gasteiger partial charge is 0.220 e. The molecule has 1 fully saturated rings. The monoisotopic (exact) mass is 1270 g/mol. The number of nitrogens with one attached hydrogen (secondary N) is 1. The van der Waals surface area contributed by atoms with E-state index in [1.165, 1.54) is 199 Å². The zero-order valence-corrected chi connectivity index (χ0v) is 58.6. The molecule has 0 aromatic heterocycles. The van der Waals surface area contributed by atoms with Gasteiger partial charge in [0.2, 0.25) is 5.91 Å². The molecule has 1 aliphatic rings. The van der Waals surface area contributed by atoms with Crippen molar-refractivity contribution in [2.24, 2.45) is 0 Å². The van der Waals surface area contributed by atoms with Gasteiger partial charge in [0.05, 0.1) is 25.4 Å². The Morgan fingerprint density at radius 3 is 1.05 bits per heavy atom. The zero-order valence-electron chi connectivity index (χ0n) is 58.6. The second kappa shape index (κ2) is 69.2. The maximum Gasteiger partial charge on any atom is 0.220 e. The van der Waals surface area contributed by atoms with Crippen molar-refractivity contribution in [2.75, 3.05) is 13.2 Å². The van der Waals surface area contributed by atoms with Crippen LogP contribution in [0, 0.1) is 0 Å². The number of aliphatic hydroxyl groups excluding tert-OH is 5. The largest absolute Gasteiger partial charge is 0.394 e. The first kappa shape index (κ1) is 85.3. The van der Waals surface area contributed by atoms with E-state index < -0.39 is 49.5 Å². The summed E-state index contributed by atoms with van der Waals surface area (Å²) in [4.78, 5) is 13.2. The number of unbranched alkanes of at least 4 members (excludes halogenated alkanes) is 35. The average Bonchev–Trinajstić information content (AvgIpc) is 1.70. The Morgan fingerprint density at radius 2 is 0.692 bits per heavy atom. The van der Waals surface area contributed by atoms with Crippen LogP contribution < -0.4 is 5.32 Å². The van der Waals surface area contributed by atoms with E-state index in [-0.39, 0.29) is 12.5 Å². The third-order valence-corrected chi connectivity index (χ3v) is 17.2. The average molecular weight is 1270 g/mol. The fraction of sp³-hybridized carbons (Fsp3) is 0.720. The fourth-order valence-corrected chi connectivity index (χ4v) is 11.3. The summed E-state index contributed by atoms with van der Waals surface area (Å²) in [6.45, 7) is 3.67. The van der Waals surface area contributed by atoms with Crippen LogP contribution in [0.15, 0.2) is 134 Å². The van der Waals surface area contributed by atoms with Gasteiger partial charge in [-0.2, -0.15) is 0 Å². The number of aliphatic hydroxyl groups is 5. The Labute approximate surface area is 560 Å². The fourth-order valence-electron chi connectivity index (χ4n) is 11.3. The van der Waals surface area contributed by atoms with E-state index in [1.807, 2.05) is 6.08 Å². The second-order valence-corrected chi connectivity index (χ2v) is 25.7. The van der Waals surface area contributed by atoms with E-state index in [9.17, 15) is 30.3 Å². The molecular formula is C82H141NO8. The molecule has 7 atom stereocenters. The molecule has 1 heterocycles. The topological polar surface area (TPSA) is 149 Å². The van der Waals surface area contributed by atoms with Gasteiger partial charge in [0.25, 0.3) is 0 Å². The van der Waals surface area contributed by atoms with Gasteiger partial charge in [-0.05, 0) is 109 Å². The predicted molar refractivity (Wildman–Crippen MR) is 391 cm³/mol. The normalized spacial score (nSPS) is 18.5. The highest BCUT2D eigenvalue weighted by molar-refractivity contribution is 5.76. The Bertz CT molecular complexity index is 1910. The van der Waals surface area contributed by atoms with Crippen LogP contribution in [-0.2, 0) is 14.3 Å². The summed E-state index contributed by atoms with van der Waals surface area (Å²) in [7, 11) is 0. The molecule has 1 amide bonds. The molecule has 522 valence electrons. The summed E-state index contributed by atoms with van der Waals surface area (Å²) in [5.74, 6) is -0.195. The van der Waals surface area contributed by atoms with E-state index in [4.69, 9.17) is 9.47 Å². The number of ether oxygens (including phenoxy) is 2. The lowest BCUT2D eigenvalue weighted by atomic mass is 9.99. The minimum atomic E-state index is -1.58. The Hall–Kier alpha value is -3.67. The van der Waals surface area contributed by atoms with Crippen LogP contribution in [0.1, 0.15) is 322 Å². The van der Waals surface area contributed by atoms with Crippen molar-refractivity contribution in [3.05, 3.63) is 134 Å². The van der Waals surface area contributed by atoms with E-state index in [1.54, 1.807) is 6.08 Å². The number of amides is 1. The van der Waals surface area contributed by atoms with Crippen LogP contribution in [0.5, 0.6) is 0 Å². The molecule has 7 unspecified atom stereocenters. The first-order chi connectivity index (χ1) is 44.8. The Balaban J connectivity index is 2.15. The van der Waals surface area contributed by atoms with Gasteiger partial charge < -0.3 is 40.3 Å². The van der Waals surface area contributed by atoms with Crippen LogP contribution in [0.2, 0.25) is 0 Å². The van der Waals surface area contributed by atoms with Crippen LogP contribution in [0.25, 0.3) is 0 Å². The summed E-state index contributed by atoms with van der Waals surface area (Å²) in [5, 5.41) is 54.8. The summed E-state index contributed by atoms with van der Waals surface area (Å²) < 4.78 is 11.3. The number of hydrogen-bond donors (Lipinski definition) is 6. The van der Waals surface area contributed by atoms with E-state index >= 15 is 0 Å². The number of hydrogen-bond acceptors (Lipinski definition) is 8. The van der Waals surface area contributed by atoms with Crippen molar-refractivity contribution < 1.29 is 39.8 Å². The molecule has 1 rings (SSSR count). The molecule has 0 saturated carbocycles. The van der Waals surface area contributed by atoms with Gasteiger partial charge in [-0.25, -0.2) is 0 Å². The number of carbonyl (C=O) groups excluding carboxylic acids is 1. The first-order valence-electron chi connectivity index (χ1n) is 37.9. The van der Waals surface area contributed by atoms with Gasteiger partial charge in [-0.15, -0.1) is 0 Å². The van der Waals surface area contributed by atoms with Gasteiger partial charge in [0.15, 0.2) is 6.29 Å². The molecule has 0 aliphatic carbocycles. The molecule has 0 bridgehead atoms. The van der Waals surface area contributed by atoms with Crippen LogP contribution in [0.3, 0.4) is 0 Å². The number of rotatable bonds is 65. The molecule has 1 saturated heterocycles. The molecule has 9 heteroatoms. The minimum absolute atomic E-state index is 0.195. The Kier molecular flexibility index (Phi) is 64.9. The first-order valence-corrected chi connectivity index (χ1v) is 37.9. The van der Waals surface area contributed by atoms with E-state index in [0.717, 1.165) is 103 Å². The lowest BCUT2D eigenvalue weighted by Crippen LogP contribution is -2.60. The van der Waals surface area contributed by atoms with Crippen LogP contribution >= 0.6 is 0 Å². The lowest BCUT2D eigenvalue weighted by Gasteiger charge is -2.40. The van der Waals surface area contributed by atoms with Gasteiger partial charge in [0.1, 0.15) is 24.4 Å². The lowest BCUT2D eigenvalue weighted by molar-refractivity contribution is -0.302. The molecule has 0 radical (unpaired) electrons. The predicted octanol–water partition coefficient (Wildman–Crippen LogP) is 21.5. The summed E-state index contributed by atoms with van der Waals surface area (Å²) >= 11 is 0. The maximum atomic E-state index is 13.2. The molecule has 0 aromatic carbocycles. The summed E-state index contributed by atoms with van der Waals surface area (Å²) in [6, 6.07) is -0.840. The van der Waals surface area contributed by atoms with Gasteiger partial charge in [-0.3, -0.25) is 4.79 Å². The molecule has 0 aromatic rings. The number of allylic oxidation sites excluding steroid dienone is 21. The second-order valence-electron chi connectivity index (χ2n) is 25.7. The van der Waals surface area contributed by atoms with Crippen LogP contribution in [0.4, 0.5) is 0 Å². The third-order valence-electron chi connectivity index (χ3n) is 17.2. The van der Waals surface area contributed by atoms with Crippen molar-refractivity contribution in [3.8, 4) is 0 Å². The maximum absolute atomic E-state index is 13.2. The quantitative estimate of drug-likeness (QED) is 0.0261. The molecule has 6 N–H and O–H groups in total. The van der Waals surface area contributed by atoms with Gasteiger partial charge >= 0.3 is 0 Å². The van der Waals surface area contributed by atoms with Gasteiger partial charge in [0, 0.05) is 6.42 Å². The van der Waals surface area contributed by atoms with Crippen molar-refractivity contribution in [1.29, 1.82) is 0 Å². The summed E-state index contributed by atoms with van der Waals surface area (Å²) in [6.07, 6.45) is 98.6.